The number of methoxy groups -OCH3 is 1. The minimum atomic E-state index is -0.564. The molecule has 0 aliphatic carbocycles. The van der Waals surface area contributed by atoms with Crippen LogP contribution in [-0.4, -0.2) is 25.2 Å². The molecule has 0 unspecified atom stereocenters. The fraction of sp³-hybridized carbons (Fsp3) is 0.0800. The molecule has 4 rings (SSSR count). The molecule has 0 spiro atoms. The molecule has 1 aromatic heterocycles. The molecule has 0 saturated carbocycles. The van der Waals surface area contributed by atoms with E-state index in [0.717, 1.165) is 15.6 Å². The maximum absolute atomic E-state index is 12.7. The number of hydrogen-bond donors (Lipinski definition) is 1. The number of carbonyl (C=O) groups excluding carboxylic acids is 2. The van der Waals surface area contributed by atoms with E-state index in [4.69, 9.17) is 21.1 Å². The van der Waals surface area contributed by atoms with Gasteiger partial charge in [-0.05, 0) is 48.9 Å². The molecule has 1 heterocycles. The molecule has 3 aromatic carbocycles. The zero-order chi connectivity index (χ0) is 23.4. The highest BCUT2D eigenvalue weighted by atomic mass is 35.5. The van der Waals surface area contributed by atoms with Gasteiger partial charge in [0.1, 0.15) is 4.88 Å². The molecule has 0 fully saturated rings. The lowest BCUT2D eigenvalue weighted by atomic mass is 10.1. The topological polar surface area (TPSA) is 77.0 Å². The molecule has 0 bridgehead atoms. The summed E-state index contributed by atoms with van der Waals surface area (Å²) in [6.45, 7) is 1.91. The third kappa shape index (κ3) is 5.05. The first-order valence-corrected chi connectivity index (χ1v) is 11.1. The van der Waals surface area contributed by atoms with Crippen LogP contribution in [0, 0.1) is 6.92 Å². The number of ether oxygens (including phenoxy) is 2. The zero-order valence-corrected chi connectivity index (χ0v) is 19.4. The number of rotatable bonds is 6. The molecule has 33 heavy (non-hydrogen) atoms. The van der Waals surface area contributed by atoms with Crippen LogP contribution in [0.1, 0.15) is 31.2 Å². The Bertz CT molecular complexity index is 1380. The van der Waals surface area contributed by atoms with Crippen LogP contribution in [0.15, 0.2) is 71.8 Å². The van der Waals surface area contributed by atoms with Gasteiger partial charge in [0, 0.05) is 15.6 Å². The van der Waals surface area contributed by atoms with Gasteiger partial charge in [0.2, 0.25) is 0 Å². The summed E-state index contributed by atoms with van der Waals surface area (Å²) < 4.78 is 11.8. The number of nitrogens with zero attached hydrogens (tertiary/aromatic N) is 1. The number of nitrogens with one attached hydrogen (secondary N) is 1. The van der Waals surface area contributed by atoms with Gasteiger partial charge in [-0.25, -0.2) is 10.2 Å². The highest BCUT2D eigenvalue weighted by Gasteiger charge is 2.20. The van der Waals surface area contributed by atoms with Crippen molar-refractivity contribution in [3.8, 4) is 11.5 Å². The number of hydrazone groups is 1. The van der Waals surface area contributed by atoms with E-state index < -0.39 is 5.97 Å². The summed E-state index contributed by atoms with van der Waals surface area (Å²) in [6, 6.07) is 19.7. The molecule has 8 heteroatoms. The van der Waals surface area contributed by atoms with Crippen molar-refractivity contribution >= 4 is 51.1 Å². The second kappa shape index (κ2) is 9.85. The summed E-state index contributed by atoms with van der Waals surface area (Å²) in [5, 5.41) is 5.17. The van der Waals surface area contributed by atoms with Gasteiger partial charge in [-0.1, -0.05) is 47.5 Å². The maximum atomic E-state index is 12.7. The molecule has 0 atom stereocenters. The summed E-state index contributed by atoms with van der Waals surface area (Å²) in [5.74, 6) is -0.287. The Morgan fingerprint density at radius 3 is 2.61 bits per heavy atom. The van der Waals surface area contributed by atoms with E-state index in [0.29, 0.717) is 26.8 Å². The van der Waals surface area contributed by atoms with Gasteiger partial charge < -0.3 is 9.47 Å². The third-order valence-corrected chi connectivity index (χ3v) is 6.43. The van der Waals surface area contributed by atoms with Gasteiger partial charge in [-0.3, -0.25) is 4.79 Å². The van der Waals surface area contributed by atoms with Crippen molar-refractivity contribution in [3.63, 3.8) is 0 Å². The van der Waals surface area contributed by atoms with Crippen LogP contribution in [0.4, 0.5) is 0 Å². The molecule has 0 saturated heterocycles. The molecule has 0 radical (unpaired) electrons. The van der Waals surface area contributed by atoms with Crippen LogP contribution in [0.2, 0.25) is 5.02 Å². The molecule has 6 nitrogen and oxygen atoms in total. The fourth-order valence-electron chi connectivity index (χ4n) is 3.16. The summed E-state index contributed by atoms with van der Waals surface area (Å²) in [5.41, 5.74) is 4.64. The summed E-state index contributed by atoms with van der Waals surface area (Å²) in [7, 11) is 1.47. The highest BCUT2D eigenvalue weighted by molar-refractivity contribution is 7.21. The highest BCUT2D eigenvalue weighted by Crippen LogP contribution is 2.37. The molecular formula is C25H19ClN2O4S. The second-order valence-corrected chi connectivity index (χ2v) is 8.54. The van der Waals surface area contributed by atoms with Crippen LogP contribution in [0.25, 0.3) is 10.1 Å². The lowest BCUT2D eigenvalue weighted by molar-refractivity contribution is 0.0734. The summed E-state index contributed by atoms with van der Waals surface area (Å²) >= 11 is 7.65. The van der Waals surface area contributed by atoms with Crippen LogP contribution in [0.5, 0.6) is 11.5 Å². The molecular weight excluding hydrogens is 460 g/mol. The van der Waals surface area contributed by atoms with E-state index in [1.807, 2.05) is 43.3 Å². The van der Waals surface area contributed by atoms with Crippen LogP contribution < -0.4 is 14.9 Å². The molecule has 1 amide bonds. The number of aryl methyl sites for hydroxylation is 1. The Kier molecular flexibility index (Phi) is 6.72. The van der Waals surface area contributed by atoms with E-state index in [9.17, 15) is 9.59 Å². The predicted molar refractivity (Wildman–Crippen MR) is 131 cm³/mol. The molecule has 1 N–H and O–H groups in total. The number of esters is 1. The smallest absolute Gasteiger partial charge is 0.355 e. The van der Waals surface area contributed by atoms with Gasteiger partial charge >= 0.3 is 5.97 Å². The van der Waals surface area contributed by atoms with Crippen molar-refractivity contribution in [2.45, 2.75) is 6.92 Å². The lowest BCUT2D eigenvalue weighted by Gasteiger charge is -2.09. The Balaban J connectivity index is 1.47. The van der Waals surface area contributed by atoms with Crippen molar-refractivity contribution in [1.82, 2.24) is 5.43 Å². The van der Waals surface area contributed by atoms with E-state index >= 15 is 0 Å². The summed E-state index contributed by atoms with van der Waals surface area (Å²) in [4.78, 5) is 25.3. The van der Waals surface area contributed by atoms with Crippen molar-refractivity contribution in [2.75, 3.05) is 7.11 Å². The number of amides is 1. The Morgan fingerprint density at radius 2 is 1.85 bits per heavy atom. The van der Waals surface area contributed by atoms with E-state index in [-0.39, 0.29) is 11.7 Å². The van der Waals surface area contributed by atoms with Gasteiger partial charge in [0.05, 0.1) is 18.3 Å². The Hall–Kier alpha value is -3.68. The minimum absolute atomic E-state index is 0.247. The molecule has 4 aromatic rings. The number of hydrogen-bond acceptors (Lipinski definition) is 6. The van der Waals surface area contributed by atoms with Crippen LogP contribution in [0.3, 0.4) is 0 Å². The fourth-order valence-corrected chi connectivity index (χ4v) is 4.54. The Morgan fingerprint density at radius 1 is 1.03 bits per heavy atom. The SMILES string of the molecule is COc1cc(C=NNC(=O)c2cccc(C)c2)ccc1OC(=O)c1sc2ccccc2c1Cl. The summed E-state index contributed by atoms with van der Waals surface area (Å²) in [6.07, 6.45) is 1.48. The standard InChI is InChI=1S/C25H19ClN2O4S/c1-15-6-5-7-17(12-15)24(29)28-27-14-16-10-11-19(20(13-16)31-2)32-25(30)23-22(26)18-8-3-4-9-21(18)33-23/h3-14H,1-2H3,(H,28,29). The number of halogens is 1. The molecule has 166 valence electrons. The van der Waals surface area contributed by atoms with Crippen LogP contribution >= 0.6 is 22.9 Å². The van der Waals surface area contributed by atoms with Crippen molar-refractivity contribution in [3.05, 3.63) is 93.3 Å². The largest absolute Gasteiger partial charge is 0.493 e. The van der Waals surface area contributed by atoms with Gasteiger partial charge in [0.25, 0.3) is 5.91 Å². The van der Waals surface area contributed by atoms with Gasteiger partial charge in [0.15, 0.2) is 11.5 Å². The zero-order valence-electron chi connectivity index (χ0n) is 17.8. The minimum Gasteiger partial charge on any atom is -0.493 e. The normalized spacial score (nSPS) is 11.0. The van der Waals surface area contributed by atoms with Gasteiger partial charge in [-0.2, -0.15) is 5.10 Å². The number of fused-ring (bicyclic) bond motifs is 1. The number of carbonyl (C=O) groups is 2. The number of thiophene rings is 1. The maximum Gasteiger partial charge on any atom is 0.355 e. The van der Waals surface area contributed by atoms with Crippen LogP contribution in [-0.2, 0) is 0 Å². The van der Waals surface area contributed by atoms with Crippen molar-refractivity contribution < 1.29 is 19.1 Å². The monoisotopic (exact) mass is 478 g/mol. The first kappa shape index (κ1) is 22.5. The third-order valence-electron chi connectivity index (χ3n) is 4.77. The van der Waals surface area contributed by atoms with E-state index in [1.165, 1.54) is 24.7 Å². The second-order valence-electron chi connectivity index (χ2n) is 7.11. The average molecular weight is 479 g/mol. The van der Waals surface area contributed by atoms with Gasteiger partial charge in [-0.15, -0.1) is 11.3 Å². The number of benzene rings is 3. The van der Waals surface area contributed by atoms with Crippen molar-refractivity contribution in [2.24, 2.45) is 5.10 Å². The first-order valence-electron chi connectivity index (χ1n) is 9.93. The average Bonchev–Trinajstić information content (AvgIpc) is 3.16. The van der Waals surface area contributed by atoms with E-state index in [2.05, 4.69) is 10.5 Å². The lowest BCUT2D eigenvalue weighted by Crippen LogP contribution is -2.17. The first-order chi connectivity index (χ1) is 16.0. The molecule has 0 aliphatic heterocycles. The van der Waals surface area contributed by atoms with E-state index in [1.54, 1.807) is 30.3 Å². The predicted octanol–water partition coefficient (Wildman–Crippen LogP) is 5.85. The van der Waals surface area contributed by atoms with Crippen molar-refractivity contribution in [1.29, 1.82) is 0 Å². The molecule has 0 aliphatic rings. The quantitative estimate of drug-likeness (QED) is 0.163. The Labute approximate surface area is 199 Å².